The van der Waals surface area contributed by atoms with Gasteiger partial charge in [-0.25, -0.2) is 9.97 Å². The first kappa shape index (κ1) is 24.0. The van der Waals surface area contributed by atoms with Crippen molar-refractivity contribution in [3.8, 4) is 17.1 Å². The molecule has 0 bridgehead atoms. The summed E-state index contributed by atoms with van der Waals surface area (Å²) in [5.74, 6) is 0.116. The van der Waals surface area contributed by atoms with Crippen LogP contribution >= 0.6 is 0 Å². The Morgan fingerprint density at radius 1 is 0.939 bits per heavy atom. The van der Waals surface area contributed by atoms with E-state index in [4.69, 9.17) is 4.74 Å². The zero-order valence-electron chi connectivity index (χ0n) is 17.3. The second kappa shape index (κ2) is 9.08. The van der Waals surface area contributed by atoms with Gasteiger partial charge in [0.1, 0.15) is 5.75 Å². The van der Waals surface area contributed by atoms with E-state index in [1.54, 1.807) is 24.3 Å². The molecule has 174 valence electrons. The summed E-state index contributed by atoms with van der Waals surface area (Å²) in [7, 11) is 2.73. The average Bonchev–Trinajstić information content (AvgIpc) is 2.77. The van der Waals surface area contributed by atoms with Gasteiger partial charge >= 0.3 is 12.4 Å². The first-order valence-corrected chi connectivity index (χ1v) is 9.39. The summed E-state index contributed by atoms with van der Waals surface area (Å²) in [6, 6.07) is 8.13. The van der Waals surface area contributed by atoms with Crippen molar-refractivity contribution in [3.05, 3.63) is 77.1 Å². The largest absolute Gasteiger partial charge is 0.496 e. The third-order valence-corrected chi connectivity index (χ3v) is 4.66. The number of aromatic nitrogens is 2. The van der Waals surface area contributed by atoms with E-state index in [2.05, 4.69) is 9.97 Å². The number of amides is 1. The minimum atomic E-state index is -4.97. The molecule has 0 N–H and O–H groups in total. The molecule has 1 amide bonds. The van der Waals surface area contributed by atoms with E-state index in [-0.39, 0.29) is 23.0 Å². The van der Waals surface area contributed by atoms with Crippen LogP contribution in [-0.4, -0.2) is 34.9 Å². The third kappa shape index (κ3) is 5.60. The monoisotopic (exact) mass is 469 g/mol. The number of nitrogens with zero attached hydrogens (tertiary/aromatic N) is 3. The van der Waals surface area contributed by atoms with Gasteiger partial charge < -0.3 is 9.64 Å². The number of ether oxygens (including phenoxy) is 1. The maximum atomic E-state index is 13.1. The average molecular weight is 469 g/mol. The highest BCUT2D eigenvalue weighted by Gasteiger charge is 2.37. The van der Waals surface area contributed by atoms with E-state index in [1.165, 1.54) is 26.6 Å². The number of alkyl halides is 6. The summed E-state index contributed by atoms with van der Waals surface area (Å²) in [6.07, 6.45) is -7.50. The zero-order valence-corrected chi connectivity index (χ0v) is 17.3. The van der Waals surface area contributed by atoms with Crippen LogP contribution in [-0.2, 0) is 18.9 Å². The molecule has 33 heavy (non-hydrogen) atoms. The molecule has 0 spiro atoms. The predicted octanol–water partition coefficient (Wildman–Crippen LogP) is 5.46. The fourth-order valence-corrected chi connectivity index (χ4v) is 3.08. The van der Waals surface area contributed by atoms with Crippen molar-refractivity contribution < 1.29 is 35.9 Å². The van der Waals surface area contributed by atoms with Crippen LogP contribution in [0.4, 0.5) is 26.3 Å². The van der Waals surface area contributed by atoms with E-state index in [9.17, 15) is 31.1 Å². The van der Waals surface area contributed by atoms with Crippen molar-refractivity contribution in [1.29, 1.82) is 0 Å². The number of methoxy groups -OCH3 is 1. The molecule has 0 saturated carbocycles. The lowest BCUT2D eigenvalue weighted by Gasteiger charge is -2.19. The molecular formula is C22H17F6N3O2. The Morgan fingerprint density at radius 3 is 2.00 bits per heavy atom. The van der Waals surface area contributed by atoms with Crippen LogP contribution < -0.4 is 4.74 Å². The van der Waals surface area contributed by atoms with Gasteiger partial charge in [-0.05, 0) is 35.9 Å². The summed E-state index contributed by atoms with van der Waals surface area (Å²) < 4.78 is 83.6. The highest BCUT2D eigenvalue weighted by molar-refractivity contribution is 5.93. The molecular weight excluding hydrogens is 452 g/mol. The molecule has 3 rings (SSSR count). The highest BCUT2D eigenvalue weighted by atomic mass is 19.4. The van der Waals surface area contributed by atoms with Gasteiger partial charge in [0, 0.05) is 26.0 Å². The Balaban J connectivity index is 1.83. The SMILES string of the molecule is COc1ccccc1-c1ncc(C(=O)N(C)Cc2cc(C(F)(F)F)cc(C(F)(F)F)c2)cn1. The number of para-hydroxylation sites is 1. The van der Waals surface area contributed by atoms with Crippen molar-refractivity contribution in [2.24, 2.45) is 0 Å². The van der Waals surface area contributed by atoms with Crippen LogP contribution in [0.15, 0.2) is 54.9 Å². The second-order valence-electron chi connectivity index (χ2n) is 7.07. The number of hydrogen-bond acceptors (Lipinski definition) is 4. The van der Waals surface area contributed by atoms with Crippen LogP contribution in [0.1, 0.15) is 27.0 Å². The van der Waals surface area contributed by atoms with Crippen LogP contribution in [0.3, 0.4) is 0 Å². The van der Waals surface area contributed by atoms with Gasteiger partial charge in [-0.1, -0.05) is 12.1 Å². The van der Waals surface area contributed by atoms with E-state index in [1.807, 2.05) is 0 Å². The molecule has 0 aliphatic rings. The number of halogens is 6. The molecule has 0 radical (unpaired) electrons. The van der Waals surface area contributed by atoms with Crippen molar-refractivity contribution in [1.82, 2.24) is 14.9 Å². The lowest BCUT2D eigenvalue weighted by molar-refractivity contribution is -0.143. The van der Waals surface area contributed by atoms with Gasteiger partial charge in [0.05, 0.1) is 29.4 Å². The molecule has 0 aliphatic carbocycles. The first-order valence-electron chi connectivity index (χ1n) is 9.39. The lowest BCUT2D eigenvalue weighted by Crippen LogP contribution is -2.27. The second-order valence-corrected chi connectivity index (χ2v) is 7.07. The lowest BCUT2D eigenvalue weighted by atomic mass is 10.0. The van der Waals surface area contributed by atoms with Crippen LogP contribution in [0.5, 0.6) is 5.75 Å². The molecule has 11 heteroatoms. The third-order valence-electron chi connectivity index (χ3n) is 4.66. The quantitative estimate of drug-likeness (QED) is 0.466. The fraction of sp³-hybridized carbons (Fsp3) is 0.227. The topological polar surface area (TPSA) is 55.3 Å². The predicted molar refractivity (Wildman–Crippen MR) is 106 cm³/mol. The standard InChI is InChI=1S/C22H17F6N3O2/c1-31(12-13-7-15(21(23,24)25)9-16(8-13)22(26,27)28)20(32)14-10-29-19(30-11-14)17-5-3-4-6-18(17)33-2/h3-11H,12H2,1-2H3. The summed E-state index contributed by atoms with van der Waals surface area (Å²) in [6.45, 7) is -0.486. The summed E-state index contributed by atoms with van der Waals surface area (Å²) in [5.41, 5.74) is -2.62. The van der Waals surface area contributed by atoms with Gasteiger partial charge in [0.15, 0.2) is 5.82 Å². The van der Waals surface area contributed by atoms with Crippen molar-refractivity contribution in [2.45, 2.75) is 18.9 Å². The Labute approximate surface area is 184 Å². The molecule has 0 saturated heterocycles. The molecule has 1 heterocycles. The number of rotatable bonds is 5. The molecule has 3 aromatic rings. The maximum Gasteiger partial charge on any atom is 0.416 e. The Kier molecular flexibility index (Phi) is 6.61. The van der Waals surface area contributed by atoms with Gasteiger partial charge in [0.25, 0.3) is 5.91 Å². The van der Waals surface area contributed by atoms with Gasteiger partial charge in [-0.2, -0.15) is 26.3 Å². The highest BCUT2D eigenvalue weighted by Crippen LogP contribution is 2.36. The van der Waals surface area contributed by atoms with Gasteiger partial charge in [-0.15, -0.1) is 0 Å². The smallest absolute Gasteiger partial charge is 0.416 e. The normalized spacial score (nSPS) is 11.9. The Hall–Kier alpha value is -3.63. The summed E-state index contributed by atoms with van der Waals surface area (Å²) >= 11 is 0. The van der Waals surface area contributed by atoms with Crippen molar-refractivity contribution >= 4 is 5.91 Å². The van der Waals surface area contributed by atoms with Crippen molar-refractivity contribution in [3.63, 3.8) is 0 Å². The molecule has 2 aromatic carbocycles. The van der Waals surface area contributed by atoms with Gasteiger partial charge in [-0.3, -0.25) is 4.79 Å². The molecule has 0 aliphatic heterocycles. The number of hydrogen-bond donors (Lipinski definition) is 0. The van der Waals surface area contributed by atoms with Crippen molar-refractivity contribution in [2.75, 3.05) is 14.2 Å². The van der Waals surface area contributed by atoms with E-state index >= 15 is 0 Å². The van der Waals surface area contributed by atoms with Crippen LogP contribution in [0, 0.1) is 0 Å². The summed E-state index contributed by atoms with van der Waals surface area (Å²) in [4.78, 5) is 21.9. The van der Waals surface area contributed by atoms with E-state index in [0.717, 1.165) is 4.90 Å². The maximum absolute atomic E-state index is 13.1. The fourth-order valence-electron chi connectivity index (χ4n) is 3.08. The molecule has 0 atom stereocenters. The minimum absolute atomic E-state index is 0.0131. The number of carbonyl (C=O) groups excluding carboxylic acids is 1. The number of benzene rings is 2. The minimum Gasteiger partial charge on any atom is -0.496 e. The molecule has 1 aromatic heterocycles. The van der Waals surface area contributed by atoms with Gasteiger partial charge in [0.2, 0.25) is 0 Å². The first-order chi connectivity index (χ1) is 15.4. The number of carbonyl (C=O) groups is 1. The zero-order chi connectivity index (χ0) is 24.4. The molecule has 5 nitrogen and oxygen atoms in total. The van der Waals surface area contributed by atoms with Crippen LogP contribution in [0.2, 0.25) is 0 Å². The Bertz CT molecular complexity index is 1110. The van der Waals surface area contributed by atoms with Crippen LogP contribution in [0.25, 0.3) is 11.4 Å². The molecule has 0 fully saturated rings. The van der Waals surface area contributed by atoms with E-state index in [0.29, 0.717) is 23.4 Å². The molecule has 0 unspecified atom stereocenters. The summed E-state index contributed by atoms with van der Waals surface area (Å²) in [5, 5.41) is 0. The van der Waals surface area contributed by atoms with E-state index < -0.39 is 35.9 Å². The Morgan fingerprint density at radius 2 is 1.48 bits per heavy atom.